The summed E-state index contributed by atoms with van der Waals surface area (Å²) < 4.78 is 1.11. The number of hydrogen-bond acceptors (Lipinski definition) is 2. The molecule has 1 heterocycles. The van der Waals surface area contributed by atoms with Crippen LogP contribution < -0.4 is 5.32 Å². The molecule has 18 heavy (non-hydrogen) atoms. The van der Waals surface area contributed by atoms with Crippen LogP contribution in [0.4, 0.5) is 0 Å². The Morgan fingerprint density at radius 3 is 2.50 bits per heavy atom. The summed E-state index contributed by atoms with van der Waals surface area (Å²) in [6.45, 7) is 2.02. The number of benzene rings is 1. The summed E-state index contributed by atoms with van der Waals surface area (Å²) in [5.74, 6) is 0. The topological polar surface area (TPSA) is 24.9 Å². The van der Waals surface area contributed by atoms with Crippen molar-refractivity contribution >= 4 is 15.9 Å². The number of hydrogen-bond donors (Lipinski definition) is 1. The molecule has 2 rings (SSSR count). The minimum Gasteiger partial charge on any atom is -0.311 e. The fourth-order valence-corrected chi connectivity index (χ4v) is 2.23. The van der Waals surface area contributed by atoms with E-state index in [0.717, 1.165) is 22.3 Å². The Labute approximate surface area is 117 Å². The number of nitrogens with one attached hydrogen (secondary N) is 1. The van der Waals surface area contributed by atoms with Gasteiger partial charge < -0.3 is 5.32 Å². The van der Waals surface area contributed by atoms with E-state index in [1.165, 1.54) is 5.56 Å². The standard InChI is InChI=1S/C15H17BrN2/c1-11-4-3-5-14(18-11)15(17-2)10-12-6-8-13(16)9-7-12/h3-9,15,17H,10H2,1-2H3. The highest BCUT2D eigenvalue weighted by Gasteiger charge is 2.11. The van der Waals surface area contributed by atoms with Crippen molar-refractivity contribution in [3.05, 3.63) is 63.9 Å². The van der Waals surface area contributed by atoms with Gasteiger partial charge in [0.1, 0.15) is 0 Å². The van der Waals surface area contributed by atoms with E-state index in [0.29, 0.717) is 0 Å². The number of pyridine rings is 1. The van der Waals surface area contributed by atoms with E-state index in [2.05, 4.69) is 62.6 Å². The van der Waals surface area contributed by atoms with Gasteiger partial charge in [-0.3, -0.25) is 4.98 Å². The van der Waals surface area contributed by atoms with Crippen LogP contribution in [0, 0.1) is 6.92 Å². The van der Waals surface area contributed by atoms with Gasteiger partial charge in [-0.25, -0.2) is 0 Å². The van der Waals surface area contributed by atoms with Gasteiger partial charge in [-0.1, -0.05) is 34.1 Å². The fourth-order valence-electron chi connectivity index (χ4n) is 1.97. The highest BCUT2D eigenvalue weighted by atomic mass is 79.9. The highest BCUT2D eigenvalue weighted by Crippen LogP contribution is 2.18. The molecule has 0 spiro atoms. The lowest BCUT2D eigenvalue weighted by atomic mass is 10.0. The van der Waals surface area contributed by atoms with Crippen molar-refractivity contribution in [3.8, 4) is 0 Å². The molecule has 3 heteroatoms. The Bertz CT molecular complexity index is 508. The molecule has 1 aromatic heterocycles. The number of aromatic nitrogens is 1. The first-order valence-corrected chi connectivity index (χ1v) is 6.83. The zero-order chi connectivity index (χ0) is 13.0. The third-order valence-electron chi connectivity index (χ3n) is 2.97. The predicted octanol–water partition coefficient (Wildman–Crippen LogP) is 3.66. The third-order valence-corrected chi connectivity index (χ3v) is 3.50. The lowest BCUT2D eigenvalue weighted by Gasteiger charge is -2.16. The Balaban J connectivity index is 2.17. The lowest BCUT2D eigenvalue weighted by Crippen LogP contribution is -2.20. The molecule has 1 unspecified atom stereocenters. The van der Waals surface area contributed by atoms with E-state index in [-0.39, 0.29) is 6.04 Å². The minimum absolute atomic E-state index is 0.256. The summed E-state index contributed by atoms with van der Waals surface area (Å²) in [5, 5.41) is 3.33. The predicted molar refractivity (Wildman–Crippen MR) is 78.6 cm³/mol. The summed E-state index contributed by atoms with van der Waals surface area (Å²) in [6.07, 6.45) is 0.945. The van der Waals surface area contributed by atoms with Crippen molar-refractivity contribution in [2.75, 3.05) is 7.05 Å². The van der Waals surface area contributed by atoms with Crippen molar-refractivity contribution in [2.24, 2.45) is 0 Å². The SMILES string of the molecule is CNC(Cc1ccc(Br)cc1)c1cccc(C)n1. The summed E-state index contributed by atoms with van der Waals surface area (Å²) in [5.41, 5.74) is 3.46. The largest absolute Gasteiger partial charge is 0.311 e. The van der Waals surface area contributed by atoms with Crippen molar-refractivity contribution in [3.63, 3.8) is 0 Å². The summed E-state index contributed by atoms with van der Waals surface area (Å²) >= 11 is 3.46. The Morgan fingerprint density at radius 1 is 1.17 bits per heavy atom. The second kappa shape index (κ2) is 6.12. The normalized spacial score (nSPS) is 12.4. The van der Waals surface area contributed by atoms with Crippen LogP contribution in [0.2, 0.25) is 0 Å². The zero-order valence-corrected chi connectivity index (χ0v) is 12.2. The van der Waals surface area contributed by atoms with Crippen LogP contribution in [0.15, 0.2) is 46.9 Å². The number of aryl methyl sites for hydroxylation is 1. The summed E-state index contributed by atoms with van der Waals surface area (Å²) in [7, 11) is 1.98. The molecule has 2 nitrogen and oxygen atoms in total. The molecule has 2 aromatic rings. The van der Waals surface area contributed by atoms with Crippen molar-refractivity contribution in [1.82, 2.24) is 10.3 Å². The van der Waals surface area contributed by atoms with Crippen LogP contribution in [-0.2, 0) is 6.42 Å². The number of rotatable bonds is 4. The molecule has 0 saturated carbocycles. The second-order valence-electron chi connectivity index (χ2n) is 4.38. The maximum atomic E-state index is 4.59. The smallest absolute Gasteiger partial charge is 0.0579 e. The monoisotopic (exact) mass is 304 g/mol. The highest BCUT2D eigenvalue weighted by molar-refractivity contribution is 9.10. The zero-order valence-electron chi connectivity index (χ0n) is 10.7. The first-order chi connectivity index (χ1) is 8.69. The first-order valence-electron chi connectivity index (χ1n) is 6.04. The Hall–Kier alpha value is -1.19. The van der Waals surface area contributed by atoms with Crippen LogP contribution in [0.1, 0.15) is 23.0 Å². The van der Waals surface area contributed by atoms with Gasteiger partial charge in [-0.15, -0.1) is 0 Å². The van der Waals surface area contributed by atoms with Crippen LogP contribution in [0.3, 0.4) is 0 Å². The molecule has 0 fully saturated rings. The third kappa shape index (κ3) is 3.40. The minimum atomic E-state index is 0.256. The van der Waals surface area contributed by atoms with E-state index >= 15 is 0 Å². The molecule has 1 atom stereocenters. The van der Waals surface area contributed by atoms with Crippen LogP contribution in [0.5, 0.6) is 0 Å². The molecule has 1 N–H and O–H groups in total. The van der Waals surface area contributed by atoms with Crippen LogP contribution >= 0.6 is 15.9 Å². The molecular weight excluding hydrogens is 288 g/mol. The van der Waals surface area contributed by atoms with Gasteiger partial charge in [0.25, 0.3) is 0 Å². The molecule has 0 bridgehead atoms. The quantitative estimate of drug-likeness (QED) is 0.932. The molecule has 0 aliphatic rings. The van der Waals surface area contributed by atoms with E-state index in [1.807, 2.05) is 20.0 Å². The maximum Gasteiger partial charge on any atom is 0.0579 e. The molecular formula is C15H17BrN2. The van der Waals surface area contributed by atoms with Crippen LogP contribution in [-0.4, -0.2) is 12.0 Å². The van der Waals surface area contributed by atoms with Crippen molar-refractivity contribution in [2.45, 2.75) is 19.4 Å². The van der Waals surface area contributed by atoms with Crippen LogP contribution in [0.25, 0.3) is 0 Å². The Morgan fingerprint density at radius 2 is 1.89 bits per heavy atom. The number of halogens is 1. The average Bonchev–Trinajstić information content (AvgIpc) is 2.38. The van der Waals surface area contributed by atoms with Gasteiger partial charge in [-0.2, -0.15) is 0 Å². The fraction of sp³-hybridized carbons (Fsp3) is 0.267. The van der Waals surface area contributed by atoms with Crippen molar-refractivity contribution in [1.29, 1.82) is 0 Å². The van der Waals surface area contributed by atoms with E-state index in [1.54, 1.807) is 0 Å². The van der Waals surface area contributed by atoms with Gasteiger partial charge in [0.05, 0.1) is 11.7 Å². The van der Waals surface area contributed by atoms with Crippen molar-refractivity contribution < 1.29 is 0 Å². The summed E-state index contributed by atoms with van der Waals surface area (Å²) in [6, 6.07) is 14.9. The molecule has 0 aliphatic carbocycles. The second-order valence-corrected chi connectivity index (χ2v) is 5.29. The van der Waals surface area contributed by atoms with E-state index < -0.39 is 0 Å². The molecule has 94 valence electrons. The Kier molecular flexibility index (Phi) is 4.50. The van der Waals surface area contributed by atoms with Gasteiger partial charge in [0.15, 0.2) is 0 Å². The lowest BCUT2D eigenvalue weighted by molar-refractivity contribution is 0.574. The molecule has 1 aromatic carbocycles. The van der Waals surface area contributed by atoms with E-state index in [9.17, 15) is 0 Å². The molecule has 0 aliphatic heterocycles. The van der Waals surface area contributed by atoms with Gasteiger partial charge >= 0.3 is 0 Å². The van der Waals surface area contributed by atoms with Gasteiger partial charge in [0.2, 0.25) is 0 Å². The van der Waals surface area contributed by atoms with Gasteiger partial charge in [-0.05, 0) is 50.2 Å². The molecule has 0 amide bonds. The van der Waals surface area contributed by atoms with Gasteiger partial charge in [0, 0.05) is 10.2 Å². The maximum absolute atomic E-state index is 4.59. The molecule has 0 saturated heterocycles. The molecule has 0 radical (unpaired) electrons. The number of nitrogens with zero attached hydrogens (tertiary/aromatic N) is 1. The van der Waals surface area contributed by atoms with E-state index in [4.69, 9.17) is 0 Å². The average molecular weight is 305 g/mol. The number of likely N-dealkylation sites (N-methyl/N-ethyl adjacent to an activating group) is 1. The summed E-state index contributed by atoms with van der Waals surface area (Å²) in [4.78, 5) is 4.59. The first kappa shape index (κ1) is 13.2.